The second-order valence-corrected chi connectivity index (χ2v) is 8.15. The molecule has 4 rings (SSSR count). The predicted octanol–water partition coefficient (Wildman–Crippen LogP) is 3.86. The maximum Gasteiger partial charge on any atom is 0.158 e. The molecule has 2 heterocycles. The van der Waals surface area contributed by atoms with Crippen LogP contribution in [0.1, 0.15) is 40.5 Å². The van der Waals surface area contributed by atoms with Crippen molar-refractivity contribution in [2.75, 3.05) is 0 Å². The Morgan fingerprint density at radius 3 is 1.57 bits per heavy atom. The Balaban J connectivity index is 0. The van der Waals surface area contributed by atoms with Crippen molar-refractivity contribution in [1.82, 2.24) is 0 Å². The monoisotopic (exact) mass is 900 g/mol. The number of hydrogen-bond acceptors (Lipinski definition) is 3. The molecule has 2 aliphatic heterocycles. The van der Waals surface area contributed by atoms with Gasteiger partial charge in [-0.05, 0) is 36.7 Å². The summed E-state index contributed by atoms with van der Waals surface area (Å²) in [7, 11) is 0. The van der Waals surface area contributed by atoms with Crippen LogP contribution in [0.3, 0.4) is 0 Å². The number of hydrogen-bond donors (Lipinski definition) is 0. The van der Waals surface area contributed by atoms with Crippen LogP contribution in [-0.2, 0) is 122 Å². The molecule has 0 N–H and O–H groups in total. The molecular formula is C21H26N2O3W2Y2-2. The molecule has 2 aliphatic carbocycles. The van der Waals surface area contributed by atoms with Gasteiger partial charge in [0.15, 0.2) is 5.78 Å². The van der Waals surface area contributed by atoms with Crippen molar-refractivity contribution in [3.63, 3.8) is 0 Å². The topological polar surface area (TPSA) is 79.4 Å². The van der Waals surface area contributed by atoms with E-state index in [2.05, 4.69) is 31.1 Å². The Labute approximate surface area is 258 Å². The summed E-state index contributed by atoms with van der Waals surface area (Å²) >= 11 is 0. The van der Waals surface area contributed by atoms with Crippen LogP contribution >= 0.6 is 0 Å². The Bertz CT molecular complexity index is 677. The molecule has 2 radical (unpaired) electrons. The molecule has 4 aliphatic rings. The Hall–Kier alpha value is 1.41. The van der Waals surface area contributed by atoms with E-state index in [-0.39, 0.29) is 148 Å². The molecule has 0 saturated carbocycles. The summed E-state index contributed by atoms with van der Waals surface area (Å²) in [5.74, 6) is 1.12. The number of amides is 2. The number of carbonyl (C=O) groups is 3. The quantitative estimate of drug-likeness (QED) is 0.347. The number of allylic oxidation sites excluding steroid dienone is 3. The van der Waals surface area contributed by atoms with Crippen molar-refractivity contribution in [3.05, 3.63) is 47.1 Å². The summed E-state index contributed by atoms with van der Waals surface area (Å²) in [6.07, 6.45) is 8.48. The molecule has 30 heavy (non-hydrogen) atoms. The number of β-lactam (4-membered cyclic amide) rings is 2. The maximum absolute atomic E-state index is 11.3. The molecular weight excluding hydrogens is 874 g/mol. The number of nitrogens with zero attached hydrogens (tertiary/aromatic N) is 2. The molecule has 2 spiro atoms. The fraction of sp³-hybridized carbons (Fsp3) is 0.571. The summed E-state index contributed by atoms with van der Waals surface area (Å²) in [5, 5.41) is 8.11. The Morgan fingerprint density at radius 1 is 0.800 bits per heavy atom. The van der Waals surface area contributed by atoms with Crippen LogP contribution in [0.15, 0.2) is 36.5 Å². The van der Waals surface area contributed by atoms with Gasteiger partial charge in [-0.15, -0.1) is 0 Å². The first kappa shape index (κ1) is 33.6. The zero-order chi connectivity index (χ0) is 19.3. The zero-order valence-corrected chi connectivity index (χ0v) is 29.4. The first-order chi connectivity index (χ1) is 12.1. The molecule has 2 unspecified atom stereocenters. The third-order valence-corrected chi connectivity index (χ3v) is 6.77. The molecule has 2 saturated heterocycles. The van der Waals surface area contributed by atoms with Crippen molar-refractivity contribution in [1.29, 1.82) is 0 Å². The molecule has 5 nitrogen and oxygen atoms in total. The van der Waals surface area contributed by atoms with Gasteiger partial charge in [0.1, 0.15) is 0 Å². The van der Waals surface area contributed by atoms with Crippen molar-refractivity contribution in [3.8, 4) is 0 Å². The summed E-state index contributed by atoms with van der Waals surface area (Å²) in [4.78, 5) is 33.0. The van der Waals surface area contributed by atoms with Gasteiger partial charge in [-0.3, -0.25) is 4.79 Å². The molecule has 0 aromatic carbocycles. The van der Waals surface area contributed by atoms with E-state index in [1.54, 1.807) is 12.2 Å². The van der Waals surface area contributed by atoms with Crippen molar-refractivity contribution in [2.24, 2.45) is 23.7 Å². The van der Waals surface area contributed by atoms with Gasteiger partial charge in [0.2, 0.25) is 0 Å². The molecule has 9 heteroatoms. The van der Waals surface area contributed by atoms with Crippen LogP contribution in [0, 0.1) is 23.7 Å². The summed E-state index contributed by atoms with van der Waals surface area (Å²) < 4.78 is 0. The van der Waals surface area contributed by atoms with Crippen LogP contribution < -0.4 is 0 Å². The van der Waals surface area contributed by atoms with Gasteiger partial charge < -0.3 is 20.2 Å². The maximum atomic E-state index is 11.3. The van der Waals surface area contributed by atoms with E-state index in [0.29, 0.717) is 24.7 Å². The summed E-state index contributed by atoms with van der Waals surface area (Å²) in [6.45, 7) is 12.2. The second-order valence-electron chi connectivity index (χ2n) is 8.15. The van der Waals surface area contributed by atoms with Gasteiger partial charge >= 0.3 is 0 Å². The van der Waals surface area contributed by atoms with E-state index in [1.165, 1.54) is 0 Å². The minimum atomic E-state index is -0.343. The molecule has 0 bridgehead atoms. The van der Waals surface area contributed by atoms with Gasteiger partial charge in [0.25, 0.3) is 0 Å². The Morgan fingerprint density at radius 2 is 1.17 bits per heavy atom. The molecule has 6 atom stereocenters. The van der Waals surface area contributed by atoms with Crippen LogP contribution in [-0.4, -0.2) is 28.7 Å². The third-order valence-electron chi connectivity index (χ3n) is 6.77. The standard InChI is InChI=1S/C11H15NO.C10H13NO2.2W.2Y/c1-7-4-5-11(6-10(13)12-11)9(3)8(7)2;1-6-7(2)10(4-3-8(6)12)5-9(13)11-10;;;;/h4-5,8-9H,1,6H2,2-3H3,(H,12,13);3-4,6-7H,5H2,1-2H3,(H,11,13);;;;/p-2/t8-,9-,11?;6-,7+,10?;;;;/m10..../s1. The largest absolute Gasteiger partial charge is 0.644 e. The first-order valence-corrected chi connectivity index (χ1v) is 9.23. The van der Waals surface area contributed by atoms with Crippen LogP contribution in [0.25, 0.3) is 10.6 Å². The summed E-state index contributed by atoms with van der Waals surface area (Å²) in [5.41, 5.74) is 0.620. The molecule has 0 aromatic heterocycles. The van der Waals surface area contributed by atoms with Gasteiger partial charge in [-0.2, -0.15) is 0 Å². The van der Waals surface area contributed by atoms with Crippen molar-refractivity contribution in [2.45, 2.75) is 51.6 Å². The van der Waals surface area contributed by atoms with Gasteiger partial charge in [-0.25, -0.2) is 0 Å². The Kier molecular flexibility index (Phi) is 14.3. The molecule has 158 valence electrons. The fourth-order valence-corrected chi connectivity index (χ4v) is 4.16. The third kappa shape index (κ3) is 6.30. The normalized spacial score (nSPS) is 37.5. The number of rotatable bonds is 0. The van der Waals surface area contributed by atoms with Crippen molar-refractivity contribution >= 4 is 17.6 Å². The van der Waals surface area contributed by atoms with Crippen LogP contribution in [0.4, 0.5) is 0 Å². The minimum Gasteiger partial charge on any atom is -0.644 e. The summed E-state index contributed by atoms with van der Waals surface area (Å²) in [6, 6.07) is 0. The van der Waals surface area contributed by atoms with E-state index in [9.17, 15) is 14.4 Å². The number of ketones is 1. The van der Waals surface area contributed by atoms with Gasteiger partial charge in [-0.1, -0.05) is 69.2 Å². The predicted molar refractivity (Wildman–Crippen MR) is 101 cm³/mol. The van der Waals surface area contributed by atoms with Gasteiger partial charge in [0, 0.05) is 113 Å². The average Bonchev–Trinajstić information content (AvgIpc) is 2.55. The smallest absolute Gasteiger partial charge is 0.158 e. The van der Waals surface area contributed by atoms with Gasteiger partial charge in [0.05, 0.1) is 11.8 Å². The molecule has 2 amide bonds. The van der Waals surface area contributed by atoms with E-state index in [0.717, 1.165) is 5.57 Å². The number of carbonyl (C=O) groups excluding carboxylic acids is 3. The average molecular weight is 900 g/mol. The SMILES string of the molecule is C=C1C=CC2(CC(=O)[N-]2)[C@H](C)[C@@H]1C.C[C@@H]1C(=O)C=CC2(CC(=O)[N-]2)[C@@H]1C.[W].[W].[Y].[Y]. The second kappa shape index (κ2) is 12.8. The van der Waals surface area contributed by atoms with E-state index in [4.69, 9.17) is 0 Å². The van der Waals surface area contributed by atoms with Crippen LogP contribution in [0.5, 0.6) is 0 Å². The molecule has 2 fully saturated rings. The van der Waals surface area contributed by atoms with E-state index in [1.807, 2.05) is 26.0 Å². The molecule has 0 aromatic rings. The van der Waals surface area contributed by atoms with Crippen molar-refractivity contribution < 1.29 is 122 Å². The minimum absolute atomic E-state index is 0. The van der Waals surface area contributed by atoms with E-state index >= 15 is 0 Å². The van der Waals surface area contributed by atoms with E-state index < -0.39 is 0 Å². The zero-order valence-electron chi connectivity index (χ0n) is 17.8. The first-order valence-electron chi connectivity index (χ1n) is 9.23. The van der Waals surface area contributed by atoms with Crippen LogP contribution in [0.2, 0.25) is 0 Å². The fourth-order valence-electron chi connectivity index (χ4n) is 4.16.